The Labute approximate surface area is 295 Å². The standard InChI is InChI=1S/C24H36O5.C16H30O4/c1-5-15(3)24(27)29-21-11-14(2)10-17-7-6-16(4)20(23(17)21)9-8-19-12-18(25)13-22(26)28-19;1-3-5-7-11-18-13-15-14(9-10-16(17)20-15)19-12-8-6-4-2/h6-7,10,14-16,18-21,23,25H,5,8-9,11-13H2,1-4H3;9-10,14-17H,3-8,11-13H2,1-2H3/t14-,15-,16-,18+,19+,20-,21-,23-;14-,15+,16-/m00/s1. The van der Waals surface area contributed by atoms with Gasteiger partial charge in [0.25, 0.3) is 0 Å². The molecule has 11 atom stereocenters. The van der Waals surface area contributed by atoms with Crippen molar-refractivity contribution in [3.05, 3.63) is 36.0 Å². The van der Waals surface area contributed by atoms with Crippen molar-refractivity contribution in [1.29, 1.82) is 0 Å². The molecule has 9 nitrogen and oxygen atoms in total. The molecule has 0 aromatic carbocycles. The Morgan fingerprint density at radius 1 is 0.980 bits per heavy atom. The number of allylic oxidation sites excluding steroid dienone is 3. The third-order valence-corrected chi connectivity index (χ3v) is 10.3. The van der Waals surface area contributed by atoms with Crippen LogP contribution in [-0.2, 0) is 33.3 Å². The van der Waals surface area contributed by atoms with Crippen LogP contribution in [0.25, 0.3) is 0 Å². The number of carbonyl (C=O) groups is 2. The monoisotopic (exact) mass is 690 g/mol. The molecule has 0 unspecified atom stereocenters. The fraction of sp³-hybridized carbons (Fsp3) is 0.800. The maximum atomic E-state index is 12.5. The van der Waals surface area contributed by atoms with Crippen molar-refractivity contribution in [2.45, 2.75) is 155 Å². The quantitative estimate of drug-likeness (QED) is 0.0925. The number of esters is 2. The van der Waals surface area contributed by atoms with Gasteiger partial charge in [-0.05, 0) is 67.9 Å². The van der Waals surface area contributed by atoms with E-state index in [4.69, 9.17) is 23.7 Å². The van der Waals surface area contributed by atoms with Crippen LogP contribution in [0.5, 0.6) is 0 Å². The highest BCUT2D eigenvalue weighted by Gasteiger charge is 2.42. The van der Waals surface area contributed by atoms with Crippen LogP contribution in [0.1, 0.15) is 119 Å². The molecule has 0 radical (unpaired) electrons. The summed E-state index contributed by atoms with van der Waals surface area (Å²) in [7, 11) is 0. The molecule has 1 saturated heterocycles. The number of hydrogen-bond donors (Lipinski definition) is 2. The molecule has 9 heteroatoms. The predicted octanol–water partition coefficient (Wildman–Crippen LogP) is 7.24. The molecule has 280 valence electrons. The molecule has 0 aromatic heterocycles. The van der Waals surface area contributed by atoms with E-state index in [1.807, 2.05) is 19.9 Å². The summed E-state index contributed by atoms with van der Waals surface area (Å²) < 4.78 is 28.4. The number of cyclic esters (lactones) is 1. The lowest BCUT2D eigenvalue weighted by Crippen LogP contribution is -2.42. The van der Waals surface area contributed by atoms with Gasteiger partial charge in [-0.1, -0.05) is 91.5 Å². The number of aliphatic hydroxyl groups is 2. The maximum Gasteiger partial charge on any atom is 0.308 e. The fourth-order valence-corrected chi connectivity index (χ4v) is 7.22. The first kappa shape index (κ1) is 41.4. The van der Waals surface area contributed by atoms with E-state index < -0.39 is 12.4 Å². The zero-order valence-electron chi connectivity index (χ0n) is 31.1. The van der Waals surface area contributed by atoms with Gasteiger partial charge in [-0.3, -0.25) is 9.59 Å². The van der Waals surface area contributed by atoms with Crippen molar-refractivity contribution < 1.29 is 43.5 Å². The Balaban J connectivity index is 0.000000286. The molecule has 2 heterocycles. The molecule has 0 amide bonds. The molecule has 49 heavy (non-hydrogen) atoms. The topological polar surface area (TPSA) is 121 Å². The number of aliphatic hydroxyl groups excluding tert-OH is 2. The van der Waals surface area contributed by atoms with Crippen LogP contribution >= 0.6 is 0 Å². The molecule has 0 aromatic rings. The minimum Gasteiger partial charge on any atom is -0.462 e. The zero-order valence-corrected chi connectivity index (χ0v) is 31.1. The second-order valence-electron chi connectivity index (χ2n) is 14.6. The summed E-state index contributed by atoms with van der Waals surface area (Å²) in [6.45, 7) is 14.6. The molecule has 2 aliphatic heterocycles. The van der Waals surface area contributed by atoms with Gasteiger partial charge in [-0.25, -0.2) is 0 Å². The van der Waals surface area contributed by atoms with Crippen molar-refractivity contribution in [3.8, 4) is 0 Å². The first-order chi connectivity index (χ1) is 23.6. The molecule has 0 saturated carbocycles. The zero-order chi connectivity index (χ0) is 35.8. The Morgan fingerprint density at radius 3 is 2.41 bits per heavy atom. The third-order valence-electron chi connectivity index (χ3n) is 10.3. The Morgan fingerprint density at radius 2 is 1.71 bits per heavy atom. The highest BCUT2D eigenvalue weighted by molar-refractivity contribution is 5.72. The van der Waals surface area contributed by atoms with Gasteiger partial charge in [0, 0.05) is 25.6 Å². The van der Waals surface area contributed by atoms with Crippen molar-refractivity contribution in [2.75, 3.05) is 19.8 Å². The minimum absolute atomic E-state index is 0.0854. The summed E-state index contributed by atoms with van der Waals surface area (Å²) in [6.07, 6.45) is 18.9. The molecule has 4 aliphatic rings. The van der Waals surface area contributed by atoms with E-state index in [0.717, 1.165) is 51.7 Å². The summed E-state index contributed by atoms with van der Waals surface area (Å²) in [5, 5.41) is 19.4. The van der Waals surface area contributed by atoms with E-state index in [1.165, 1.54) is 31.3 Å². The van der Waals surface area contributed by atoms with Gasteiger partial charge in [-0.2, -0.15) is 0 Å². The summed E-state index contributed by atoms with van der Waals surface area (Å²) >= 11 is 0. The molecule has 4 rings (SSSR count). The summed E-state index contributed by atoms with van der Waals surface area (Å²) in [4.78, 5) is 24.2. The van der Waals surface area contributed by atoms with Crippen LogP contribution in [0.3, 0.4) is 0 Å². The van der Waals surface area contributed by atoms with Gasteiger partial charge in [0.15, 0.2) is 6.29 Å². The van der Waals surface area contributed by atoms with Crippen molar-refractivity contribution in [3.63, 3.8) is 0 Å². The number of carbonyl (C=O) groups excluding carboxylic acids is 2. The van der Waals surface area contributed by atoms with E-state index in [9.17, 15) is 19.8 Å². The second kappa shape index (κ2) is 22.0. The van der Waals surface area contributed by atoms with Crippen molar-refractivity contribution >= 4 is 11.9 Å². The highest BCUT2D eigenvalue weighted by atomic mass is 16.6. The third kappa shape index (κ3) is 13.9. The molecule has 0 spiro atoms. The van der Waals surface area contributed by atoms with Crippen LogP contribution < -0.4 is 0 Å². The molecule has 1 fully saturated rings. The average Bonchev–Trinajstić information content (AvgIpc) is 3.06. The summed E-state index contributed by atoms with van der Waals surface area (Å²) in [6, 6.07) is 0. The Kier molecular flexibility index (Phi) is 18.6. The second-order valence-corrected chi connectivity index (χ2v) is 14.6. The largest absolute Gasteiger partial charge is 0.462 e. The number of unbranched alkanes of at least 4 members (excludes halogenated alkanes) is 4. The van der Waals surface area contributed by atoms with E-state index in [-0.39, 0.29) is 54.6 Å². The Bertz CT molecular complexity index is 1070. The van der Waals surface area contributed by atoms with Crippen LogP contribution in [0, 0.1) is 29.6 Å². The Hall–Kier alpha value is -2.04. The molecule has 2 N–H and O–H groups in total. The van der Waals surface area contributed by atoms with Gasteiger partial charge in [0.1, 0.15) is 24.4 Å². The van der Waals surface area contributed by atoms with E-state index in [2.05, 4.69) is 45.9 Å². The molecule has 2 aliphatic carbocycles. The molecular formula is C40H66O9. The number of ether oxygens (including phenoxy) is 5. The smallest absolute Gasteiger partial charge is 0.308 e. The van der Waals surface area contributed by atoms with Gasteiger partial charge in [0.2, 0.25) is 0 Å². The van der Waals surface area contributed by atoms with E-state index >= 15 is 0 Å². The minimum atomic E-state index is -0.838. The van der Waals surface area contributed by atoms with Gasteiger partial charge in [-0.15, -0.1) is 0 Å². The lowest BCUT2D eigenvalue weighted by Gasteiger charge is -2.43. The van der Waals surface area contributed by atoms with Crippen molar-refractivity contribution in [2.24, 2.45) is 29.6 Å². The fourth-order valence-electron chi connectivity index (χ4n) is 7.22. The van der Waals surface area contributed by atoms with Crippen LogP contribution in [0.4, 0.5) is 0 Å². The normalized spacial score (nSPS) is 33.1. The number of fused-ring (bicyclic) bond motifs is 1. The first-order valence-electron chi connectivity index (χ1n) is 19.2. The summed E-state index contributed by atoms with van der Waals surface area (Å²) in [5.74, 6) is 0.755. The van der Waals surface area contributed by atoms with Crippen LogP contribution in [0.15, 0.2) is 36.0 Å². The average molecular weight is 691 g/mol. The van der Waals surface area contributed by atoms with Gasteiger partial charge in [0.05, 0.1) is 25.0 Å². The molecule has 0 bridgehead atoms. The van der Waals surface area contributed by atoms with E-state index in [1.54, 1.807) is 6.08 Å². The highest BCUT2D eigenvalue weighted by Crippen LogP contribution is 2.45. The van der Waals surface area contributed by atoms with Crippen molar-refractivity contribution in [1.82, 2.24) is 0 Å². The van der Waals surface area contributed by atoms with E-state index in [0.29, 0.717) is 30.8 Å². The molecular weight excluding hydrogens is 624 g/mol. The maximum absolute atomic E-state index is 12.5. The number of rotatable bonds is 17. The predicted molar refractivity (Wildman–Crippen MR) is 190 cm³/mol. The van der Waals surface area contributed by atoms with Gasteiger partial charge < -0.3 is 33.9 Å². The lowest BCUT2D eigenvalue weighted by molar-refractivity contribution is -0.171. The first-order valence-corrected chi connectivity index (χ1v) is 19.2. The van der Waals surface area contributed by atoms with Gasteiger partial charge >= 0.3 is 11.9 Å². The SMILES string of the molecule is CCCCCOC[C@H]1O[C@H](O)C=C[C@@H]1OCCCCC.CC[C@H](C)C(=O)O[C@H]1C[C@@H](C)C=C2C=C[C@H](C)[C@H](CC[C@@H]3C[C@@H](O)CC(=O)O3)[C@H]21. The van der Waals surface area contributed by atoms with Crippen LogP contribution in [0.2, 0.25) is 0 Å². The lowest BCUT2D eigenvalue weighted by atomic mass is 9.65. The van der Waals surface area contributed by atoms with Crippen LogP contribution in [-0.4, -0.2) is 78.8 Å². The summed E-state index contributed by atoms with van der Waals surface area (Å²) in [5.41, 5.74) is 1.27. The number of hydrogen-bond acceptors (Lipinski definition) is 9.